The molecule has 0 amide bonds. The van der Waals surface area contributed by atoms with Gasteiger partial charge in [0.25, 0.3) is 0 Å². The Balaban J connectivity index is -0.000000128. The van der Waals surface area contributed by atoms with Crippen molar-refractivity contribution in [3.05, 3.63) is 0 Å². The molecule has 1 atom stereocenters. The second-order valence-electron chi connectivity index (χ2n) is 28.7. The van der Waals surface area contributed by atoms with Gasteiger partial charge in [-0.2, -0.15) is 0 Å². The molecule has 1 saturated heterocycles. The largest absolute Gasteiger partial charge is 0.389 e. The standard InChI is InChI=1S/C9H19N.C9H18O.C8H17N.C8H16O.C7H15N.2C7H14O.7CH4/c2*1-8(2,3)9(10)6-4-5-7-9;2*1-7(2,3)8(9)5-4-6-8;1-6(2,3)7(8)4-5-7;1-7(2,3)6-4-5-8-6;1-6(2,3)7(8)4-5-7;;;;;;;/h4-7,10H2,1-3H3;10H,4-7H2,1-3H3;4-6,9H2,1-3H3;9H,4-6H2,1-3H3;4-5,8H2,1-3H3;6H,4-5H2,1-3H3;8H,4-5H2,1-3H3;7*1H4. The highest BCUT2D eigenvalue weighted by Crippen LogP contribution is 2.50. The fourth-order valence-electron chi connectivity index (χ4n) is 8.71. The molecule has 0 bridgehead atoms. The first-order chi connectivity index (χ1) is 27.3. The van der Waals surface area contributed by atoms with E-state index in [-0.39, 0.29) is 102 Å². The van der Waals surface area contributed by atoms with Crippen LogP contribution in [0.3, 0.4) is 0 Å². The molecule has 1 aliphatic heterocycles. The monoisotopic (exact) mass is 992 g/mol. The Kier molecular flexibility index (Phi) is 34.9. The van der Waals surface area contributed by atoms with Gasteiger partial charge in [-0.3, -0.25) is 0 Å². The minimum atomic E-state index is -0.368. The molecular formula is C62H141N3O4. The summed E-state index contributed by atoms with van der Waals surface area (Å²) < 4.78 is 5.30. The average molecular weight is 993 g/mol. The minimum Gasteiger partial charge on any atom is -0.389 e. The highest BCUT2D eigenvalue weighted by molar-refractivity contribution is 5.07. The molecule has 0 radical (unpaired) electrons. The lowest BCUT2D eigenvalue weighted by molar-refractivity contribution is -0.117. The summed E-state index contributed by atoms with van der Waals surface area (Å²) in [6.45, 7) is 46.6. The topological polar surface area (TPSA) is 148 Å². The SMILES string of the molecule is C.C.C.C.C.C.C.CC(C)(C)C1(N)CC1.CC(C)(C)C1(N)CCC1.CC(C)(C)C1(N)CCCC1.CC(C)(C)C1(O)CC1.CC(C)(C)C1(O)CCC1.CC(C)(C)C1(O)CCCC1.CC(C)(C)C1CCO1. The first-order valence-corrected chi connectivity index (χ1v) is 25.5. The van der Waals surface area contributed by atoms with Crippen LogP contribution >= 0.6 is 0 Å². The molecule has 7 aliphatic rings. The number of hydrogen-bond acceptors (Lipinski definition) is 7. The smallest absolute Gasteiger partial charge is 0.0697 e. The maximum atomic E-state index is 10.0. The normalized spacial score (nSPS) is 23.3. The van der Waals surface area contributed by atoms with Gasteiger partial charge in [-0.1, -0.05) is 223 Å². The van der Waals surface area contributed by atoms with E-state index in [4.69, 9.17) is 21.9 Å². The van der Waals surface area contributed by atoms with Crippen LogP contribution in [0.5, 0.6) is 0 Å². The molecule has 7 fully saturated rings. The van der Waals surface area contributed by atoms with E-state index in [0.29, 0.717) is 27.8 Å². The Bertz CT molecular complexity index is 1190. The van der Waals surface area contributed by atoms with Crippen molar-refractivity contribution in [2.24, 2.45) is 55.1 Å². The van der Waals surface area contributed by atoms with Crippen molar-refractivity contribution in [3.8, 4) is 0 Å². The molecule has 1 heterocycles. The average Bonchev–Trinajstić information content (AvgIpc) is 3.84. The Morgan fingerprint density at radius 3 is 0.580 bits per heavy atom. The molecule has 0 aromatic rings. The van der Waals surface area contributed by atoms with Crippen molar-refractivity contribution in [2.75, 3.05) is 6.61 Å². The van der Waals surface area contributed by atoms with E-state index < -0.39 is 0 Å². The van der Waals surface area contributed by atoms with Gasteiger partial charge in [-0.25, -0.2) is 0 Å². The second-order valence-corrected chi connectivity index (χ2v) is 28.7. The molecule has 69 heavy (non-hydrogen) atoms. The molecule has 9 N–H and O–H groups in total. The van der Waals surface area contributed by atoms with Crippen LogP contribution in [-0.4, -0.2) is 61.5 Å². The molecule has 6 saturated carbocycles. The zero-order valence-electron chi connectivity index (χ0n) is 45.7. The van der Waals surface area contributed by atoms with Gasteiger partial charge in [0.2, 0.25) is 0 Å². The van der Waals surface area contributed by atoms with Crippen LogP contribution in [0.4, 0.5) is 0 Å². The molecule has 7 heteroatoms. The second kappa shape index (κ2) is 29.1. The summed E-state index contributed by atoms with van der Waals surface area (Å²) in [7, 11) is 0. The highest BCUT2D eigenvalue weighted by atomic mass is 16.5. The summed E-state index contributed by atoms with van der Waals surface area (Å²) in [5.41, 5.74) is 19.3. The molecule has 1 unspecified atom stereocenters. The number of hydrogen-bond donors (Lipinski definition) is 6. The maximum absolute atomic E-state index is 10.0. The summed E-state index contributed by atoms with van der Waals surface area (Å²) in [6.07, 6.45) is 22.7. The third kappa shape index (κ3) is 24.3. The van der Waals surface area contributed by atoms with Gasteiger partial charge in [0.1, 0.15) is 0 Å². The quantitative estimate of drug-likeness (QED) is 0.142. The van der Waals surface area contributed by atoms with Gasteiger partial charge in [-0.15, -0.1) is 0 Å². The third-order valence-electron chi connectivity index (χ3n) is 17.2. The van der Waals surface area contributed by atoms with Crippen molar-refractivity contribution >= 4 is 0 Å². The lowest BCUT2D eigenvalue weighted by Gasteiger charge is -2.48. The van der Waals surface area contributed by atoms with Crippen LogP contribution in [-0.2, 0) is 4.74 Å². The van der Waals surface area contributed by atoms with Gasteiger partial charge in [-0.05, 0) is 134 Å². The summed E-state index contributed by atoms with van der Waals surface area (Å²) in [5, 5.41) is 29.2. The summed E-state index contributed by atoms with van der Waals surface area (Å²) in [4.78, 5) is 0. The van der Waals surface area contributed by atoms with Gasteiger partial charge >= 0.3 is 0 Å². The molecule has 7 rings (SSSR count). The zero-order valence-corrected chi connectivity index (χ0v) is 45.7. The van der Waals surface area contributed by atoms with Crippen LogP contribution in [0.15, 0.2) is 0 Å². The molecule has 6 aliphatic carbocycles. The van der Waals surface area contributed by atoms with Crippen LogP contribution in [0.1, 0.15) is 319 Å². The maximum Gasteiger partial charge on any atom is 0.0697 e. The zero-order chi connectivity index (χ0) is 48.9. The van der Waals surface area contributed by atoms with Crippen molar-refractivity contribution in [1.29, 1.82) is 0 Å². The van der Waals surface area contributed by atoms with E-state index in [1.807, 2.05) is 0 Å². The van der Waals surface area contributed by atoms with E-state index in [1.165, 1.54) is 83.5 Å². The van der Waals surface area contributed by atoms with E-state index in [2.05, 4.69) is 145 Å². The van der Waals surface area contributed by atoms with E-state index in [1.54, 1.807) is 0 Å². The summed E-state index contributed by atoms with van der Waals surface area (Å²) in [6, 6.07) is 0. The Morgan fingerprint density at radius 1 is 0.319 bits per heavy atom. The van der Waals surface area contributed by atoms with Crippen molar-refractivity contribution in [3.63, 3.8) is 0 Å². The molecule has 0 aromatic heterocycles. The van der Waals surface area contributed by atoms with Crippen LogP contribution in [0.25, 0.3) is 0 Å². The predicted molar refractivity (Wildman–Crippen MR) is 316 cm³/mol. The summed E-state index contributed by atoms with van der Waals surface area (Å²) in [5.74, 6) is 0. The van der Waals surface area contributed by atoms with Crippen molar-refractivity contribution in [1.82, 2.24) is 0 Å². The van der Waals surface area contributed by atoms with E-state index in [9.17, 15) is 15.3 Å². The predicted octanol–water partition coefficient (Wildman–Crippen LogP) is 17.9. The fraction of sp³-hybridized carbons (Fsp3) is 1.00. The van der Waals surface area contributed by atoms with E-state index >= 15 is 0 Å². The third-order valence-corrected chi connectivity index (χ3v) is 17.2. The molecular weight excluding hydrogens is 851 g/mol. The first-order valence-electron chi connectivity index (χ1n) is 25.5. The van der Waals surface area contributed by atoms with Crippen LogP contribution in [0.2, 0.25) is 0 Å². The van der Waals surface area contributed by atoms with Gasteiger partial charge in [0.05, 0.1) is 22.9 Å². The minimum absolute atomic E-state index is 0. The Hall–Kier alpha value is -0.280. The van der Waals surface area contributed by atoms with Gasteiger partial charge in [0, 0.05) is 23.2 Å². The van der Waals surface area contributed by atoms with Crippen LogP contribution in [0, 0.1) is 37.9 Å². The first kappa shape index (κ1) is 82.7. The van der Waals surface area contributed by atoms with Crippen LogP contribution < -0.4 is 17.2 Å². The van der Waals surface area contributed by atoms with Crippen molar-refractivity contribution < 1.29 is 20.1 Å². The lowest BCUT2D eigenvalue weighted by atomic mass is 9.62. The molecule has 0 spiro atoms. The lowest BCUT2D eigenvalue weighted by Crippen LogP contribution is -2.56. The number of rotatable bonds is 0. The number of aliphatic hydroxyl groups is 3. The fourth-order valence-corrected chi connectivity index (χ4v) is 8.71. The number of nitrogens with two attached hydrogens (primary N) is 3. The van der Waals surface area contributed by atoms with E-state index in [0.717, 1.165) is 45.1 Å². The molecule has 428 valence electrons. The summed E-state index contributed by atoms with van der Waals surface area (Å²) >= 11 is 0. The number of ether oxygens (including phenoxy) is 1. The Labute approximate surface area is 439 Å². The van der Waals surface area contributed by atoms with Crippen molar-refractivity contribution in [2.45, 2.75) is 359 Å². The van der Waals surface area contributed by atoms with Gasteiger partial charge < -0.3 is 37.3 Å². The molecule has 0 aromatic carbocycles. The highest BCUT2D eigenvalue weighted by Gasteiger charge is 2.50. The molecule has 7 nitrogen and oxygen atoms in total. The Morgan fingerprint density at radius 2 is 0.522 bits per heavy atom. The van der Waals surface area contributed by atoms with Gasteiger partial charge in [0.15, 0.2) is 0 Å².